The molecule has 1 rings (SSSR count). The number of halogens is 2. The van der Waals surface area contributed by atoms with Crippen LogP contribution in [0.2, 0.25) is 0 Å². The van der Waals surface area contributed by atoms with Gasteiger partial charge >= 0.3 is 0 Å². The molecule has 0 N–H and O–H groups in total. The summed E-state index contributed by atoms with van der Waals surface area (Å²) in [5.41, 5.74) is -0.234. The molecule has 0 atom stereocenters. The lowest BCUT2D eigenvalue weighted by Crippen LogP contribution is -2.33. The van der Waals surface area contributed by atoms with Crippen molar-refractivity contribution in [3.8, 4) is 0 Å². The van der Waals surface area contributed by atoms with Gasteiger partial charge in [0.05, 0.1) is 15.0 Å². The van der Waals surface area contributed by atoms with Gasteiger partial charge < -0.3 is 4.57 Å². The fourth-order valence-electron chi connectivity index (χ4n) is 1.26. The lowest BCUT2D eigenvalue weighted by atomic mass is 10.3. The Morgan fingerprint density at radius 2 is 1.83 bits per heavy atom. The number of hydrogen-bond donors (Lipinski definition) is 0. The Bertz CT molecular complexity index is 600. The molecule has 0 bridgehead atoms. The predicted molar refractivity (Wildman–Crippen MR) is 79.6 cm³/mol. The highest BCUT2D eigenvalue weighted by atomic mass is 79.9. The largest absolute Gasteiger partial charge is 0.312 e. The molecule has 0 aliphatic rings. The molecule has 18 heavy (non-hydrogen) atoms. The summed E-state index contributed by atoms with van der Waals surface area (Å²) in [6, 6.07) is 1.64. The maximum absolute atomic E-state index is 12.0. The van der Waals surface area contributed by atoms with Crippen LogP contribution in [0, 0.1) is 0 Å². The summed E-state index contributed by atoms with van der Waals surface area (Å²) in [5.74, 6) is -0.0563. The molecular formula is C11H15Br2NO3S. The van der Waals surface area contributed by atoms with Gasteiger partial charge in [0.2, 0.25) is 0 Å². The van der Waals surface area contributed by atoms with Crippen LogP contribution in [-0.2, 0) is 16.4 Å². The van der Waals surface area contributed by atoms with Crippen LogP contribution >= 0.6 is 31.9 Å². The molecule has 1 heterocycles. The van der Waals surface area contributed by atoms with E-state index in [1.165, 1.54) is 4.57 Å². The summed E-state index contributed by atoms with van der Waals surface area (Å²) in [7, 11) is -3.23. The minimum absolute atomic E-state index is 0.0563. The molecule has 1 aromatic heterocycles. The van der Waals surface area contributed by atoms with Crippen molar-refractivity contribution in [3.63, 3.8) is 0 Å². The minimum Gasteiger partial charge on any atom is -0.312 e. The molecule has 0 radical (unpaired) electrons. The molecule has 0 unspecified atom stereocenters. The van der Waals surface area contributed by atoms with Crippen molar-refractivity contribution in [2.75, 3.05) is 5.75 Å². The second-order valence-electron chi connectivity index (χ2n) is 4.94. The second-order valence-corrected chi connectivity index (χ2v) is 9.57. The van der Waals surface area contributed by atoms with Gasteiger partial charge in [-0.2, -0.15) is 0 Å². The molecular weight excluding hydrogens is 386 g/mol. The van der Waals surface area contributed by atoms with Crippen LogP contribution < -0.4 is 5.56 Å². The van der Waals surface area contributed by atoms with E-state index in [0.717, 1.165) is 4.47 Å². The number of aryl methyl sites for hydroxylation is 1. The van der Waals surface area contributed by atoms with Crippen LogP contribution in [0.25, 0.3) is 0 Å². The normalized spacial score (nSPS) is 12.7. The molecule has 7 heteroatoms. The number of aromatic nitrogens is 1. The molecule has 0 spiro atoms. The lowest BCUT2D eigenvalue weighted by Gasteiger charge is -2.19. The fourth-order valence-corrected chi connectivity index (χ4v) is 3.56. The highest BCUT2D eigenvalue weighted by molar-refractivity contribution is 9.11. The molecule has 0 aliphatic carbocycles. The van der Waals surface area contributed by atoms with Gasteiger partial charge in [-0.3, -0.25) is 4.79 Å². The van der Waals surface area contributed by atoms with E-state index in [1.807, 2.05) is 0 Å². The smallest absolute Gasteiger partial charge is 0.264 e. The van der Waals surface area contributed by atoms with E-state index in [9.17, 15) is 13.2 Å². The Hall–Kier alpha value is -0.140. The molecule has 0 aliphatic heterocycles. The number of pyridine rings is 1. The van der Waals surface area contributed by atoms with E-state index in [1.54, 1.807) is 33.0 Å². The van der Waals surface area contributed by atoms with E-state index in [0.29, 0.717) is 4.47 Å². The third kappa shape index (κ3) is 3.68. The van der Waals surface area contributed by atoms with Gasteiger partial charge in [0.15, 0.2) is 9.84 Å². The summed E-state index contributed by atoms with van der Waals surface area (Å²) in [6.45, 7) is 5.11. The number of hydrogen-bond acceptors (Lipinski definition) is 3. The molecule has 0 saturated carbocycles. The van der Waals surface area contributed by atoms with Crippen LogP contribution in [0.15, 0.2) is 26.0 Å². The van der Waals surface area contributed by atoms with Gasteiger partial charge in [-0.1, -0.05) is 0 Å². The zero-order valence-electron chi connectivity index (χ0n) is 10.4. The molecule has 0 amide bonds. The Balaban J connectivity index is 2.99. The fraction of sp³-hybridized carbons (Fsp3) is 0.545. The minimum atomic E-state index is -3.23. The molecule has 102 valence electrons. The first kappa shape index (κ1) is 15.9. The summed E-state index contributed by atoms with van der Waals surface area (Å²) < 4.78 is 25.6. The van der Waals surface area contributed by atoms with Crippen molar-refractivity contribution in [3.05, 3.63) is 31.6 Å². The highest BCUT2D eigenvalue weighted by Gasteiger charge is 2.28. The topological polar surface area (TPSA) is 56.1 Å². The Morgan fingerprint density at radius 3 is 2.33 bits per heavy atom. The molecule has 4 nitrogen and oxygen atoms in total. The van der Waals surface area contributed by atoms with Gasteiger partial charge in [0.25, 0.3) is 5.56 Å². The van der Waals surface area contributed by atoms with Crippen LogP contribution in [0.4, 0.5) is 0 Å². The maximum atomic E-state index is 12.0. The predicted octanol–water partition coefficient (Wildman–Crippen LogP) is 2.59. The highest BCUT2D eigenvalue weighted by Crippen LogP contribution is 2.17. The number of rotatable bonds is 3. The van der Waals surface area contributed by atoms with Crippen molar-refractivity contribution in [2.24, 2.45) is 0 Å². The zero-order chi connectivity index (χ0) is 14.1. The van der Waals surface area contributed by atoms with Crippen molar-refractivity contribution >= 4 is 41.7 Å². The Kier molecular flexibility index (Phi) is 4.83. The van der Waals surface area contributed by atoms with Crippen molar-refractivity contribution in [1.82, 2.24) is 4.57 Å². The maximum Gasteiger partial charge on any atom is 0.264 e. The summed E-state index contributed by atoms with van der Waals surface area (Å²) in [6.07, 6.45) is 1.59. The second kappa shape index (κ2) is 5.46. The van der Waals surface area contributed by atoms with Gasteiger partial charge in [-0.15, -0.1) is 0 Å². The third-order valence-corrected chi connectivity index (χ3v) is 6.13. The van der Waals surface area contributed by atoms with E-state index < -0.39 is 14.6 Å². The van der Waals surface area contributed by atoms with Gasteiger partial charge in [-0.05, 0) is 58.7 Å². The standard InChI is InChI=1S/C11H15Br2NO3S/c1-11(2,3)18(16,17)5-4-14-7-8(12)6-9(13)10(14)15/h6-7H,4-5H2,1-3H3. The third-order valence-electron chi connectivity index (χ3n) is 2.54. The number of sulfone groups is 1. The SMILES string of the molecule is CC(C)(C)S(=O)(=O)CCn1cc(Br)cc(Br)c1=O. The van der Waals surface area contributed by atoms with Crippen LogP contribution in [-0.4, -0.2) is 23.5 Å². The quantitative estimate of drug-likeness (QED) is 0.783. The first-order chi connectivity index (χ1) is 8.04. The first-order valence-electron chi connectivity index (χ1n) is 5.32. The summed E-state index contributed by atoms with van der Waals surface area (Å²) >= 11 is 6.41. The average Bonchev–Trinajstić information content (AvgIpc) is 2.19. The monoisotopic (exact) mass is 399 g/mol. The molecule has 1 aromatic rings. The molecule has 0 aromatic carbocycles. The summed E-state index contributed by atoms with van der Waals surface area (Å²) in [5, 5.41) is 0. The van der Waals surface area contributed by atoms with Crippen LogP contribution in [0.3, 0.4) is 0 Å². The van der Waals surface area contributed by atoms with Gasteiger partial charge in [-0.25, -0.2) is 8.42 Å². The van der Waals surface area contributed by atoms with E-state index in [-0.39, 0.29) is 17.9 Å². The number of nitrogens with zero attached hydrogens (tertiary/aromatic N) is 1. The van der Waals surface area contributed by atoms with E-state index >= 15 is 0 Å². The summed E-state index contributed by atoms with van der Waals surface area (Å²) in [4.78, 5) is 11.8. The molecule has 0 saturated heterocycles. The van der Waals surface area contributed by atoms with Crippen LogP contribution in [0.5, 0.6) is 0 Å². The molecule has 0 fully saturated rings. The van der Waals surface area contributed by atoms with Gasteiger partial charge in [0, 0.05) is 17.2 Å². The van der Waals surface area contributed by atoms with Crippen LogP contribution in [0.1, 0.15) is 20.8 Å². The van der Waals surface area contributed by atoms with Crippen molar-refractivity contribution < 1.29 is 8.42 Å². The van der Waals surface area contributed by atoms with E-state index in [2.05, 4.69) is 31.9 Å². The van der Waals surface area contributed by atoms with Gasteiger partial charge in [0.1, 0.15) is 0 Å². The van der Waals surface area contributed by atoms with E-state index in [4.69, 9.17) is 0 Å². The zero-order valence-corrected chi connectivity index (χ0v) is 14.4. The average molecular weight is 401 g/mol. The van der Waals surface area contributed by atoms with Crippen molar-refractivity contribution in [1.29, 1.82) is 0 Å². The first-order valence-corrected chi connectivity index (χ1v) is 8.56. The van der Waals surface area contributed by atoms with Crippen molar-refractivity contribution in [2.45, 2.75) is 32.1 Å². The Labute approximate surface area is 124 Å². The Morgan fingerprint density at radius 1 is 1.28 bits per heavy atom. The lowest BCUT2D eigenvalue weighted by molar-refractivity contribution is 0.552.